The van der Waals surface area contributed by atoms with Crippen LogP contribution < -0.4 is 4.31 Å². The number of rotatable bonds is 5. The summed E-state index contributed by atoms with van der Waals surface area (Å²) in [7, 11) is -3.84. The van der Waals surface area contributed by atoms with Crippen molar-refractivity contribution in [2.45, 2.75) is 51.5 Å². The van der Waals surface area contributed by atoms with E-state index in [1.807, 2.05) is 0 Å². The largest absolute Gasteiger partial charge is 0.481 e. The van der Waals surface area contributed by atoms with Crippen LogP contribution in [-0.4, -0.2) is 35.8 Å². The second-order valence-electron chi connectivity index (χ2n) is 7.39. The third-order valence-corrected chi connectivity index (χ3v) is 6.97. The lowest BCUT2D eigenvalue weighted by atomic mass is 9.91. The first kappa shape index (κ1) is 19.4. The zero-order chi connectivity index (χ0) is 19.9. The van der Waals surface area contributed by atoms with Crippen molar-refractivity contribution in [1.29, 1.82) is 0 Å². The molecule has 146 valence electrons. The van der Waals surface area contributed by atoms with Crippen molar-refractivity contribution in [3.05, 3.63) is 41.2 Å². The minimum absolute atomic E-state index is 0.130. The Kier molecular flexibility index (Phi) is 5.03. The summed E-state index contributed by atoms with van der Waals surface area (Å²) in [6, 6.07) is 6.83. The fourth-order valence-electron chi connectivity index (χ4n) is 3.73. The topological polar surface area (TPSA) is 92.5 Å². The highest BCUT2D eigenvalue weighted by atomic mass is 32.2. The summed E-state index contributed by atoms with van der Waals surface area (Å²) in [6.07, 6.45) is 0.240. The average molecular weight is 391 g/mol. The SMILES string of the molecule is Cc1nn(CC(C)C)c(C)c1S(=O)(=O)N1CCC(C(=O)O)c2ccccc21. The average Bonchev–Trinajstić information content (AvgIpc) is 2.87. The van der Waals surface area contributed by atoms with E-state index in [0.29, 0.717) is 35.1 Å². The van der Waals surface area contributed by atoms with Crippen LogP contribution >= 0.6 is 0 Å². The number of aliphatic carboxylic acids is 1. The van der Waals surface area contributed by atoms with Gasteiger partial charge in [-0.2, -0.15) is 5.10 Å². The highest BCUT2D eigenvalue weighted by molar-refractivity contribution is 7.93. The molecule has 0 spiro atoms. The highest BCUT2D eigenvalue weighted by Gasteiger charge is 2.38. The smallest absolute Gasteiger partial charge is 0.311 e. The number of aryl methyl sites for hydroxylation is 1. The minimum atomic E-state index is -3.84. The predicted octanol–water partition coefficient (Wildman–Crippen LogP) is 2.92. The van der Waals surface area contributed by atoms with Crippen LogP contribution in [0.3, 0.4) is 0 Å². The van der Waals surface area contributed by atoms with Crippen molar-refractivity contribution in [2.24, 2.45) is 5.92 Å². The van der Waals surface area contributed by atoms with Crippen LogP contribution in [0.15, 0.2) is 29.2 Å². The number of sulfonamides is 1. The van der Waals surface area contributed by atoms with E-state index in [9.17, 15) is 18.3 Å². The van der Waals surface area contributed by atoms with Crippen molar-refractivity contribution in [3.63, 3.8) is 0 Å². The fourth-order valence-corrected chi connectivity index (χ4v) is 5.61. The van der Waals surface area contributed by atoms with Crippen molar-refractivity contribution in [3.8, 4) is 0 Å². The maximum atomic E-state index is 13.5. The van der Waals surface area contributed by atoms with E-state index in [-0.39, 0.29) is 17.9 Å². The Morgan fingerprint density at radius 1 is 1.30 bits per heavy atom. The van der Waals surface area contributed by atoms with Gasteiger partial charge >= 0.3 is 5.97 Å². The number of nitrogens with zero attached hydrogens (tertiary/aromatic N) is 3. The van der Waals surface area contributed by atoms with Gasteiger partial charge in [-0.3, -0.25) is 13.8 Å². The number of para-hydroxylation sites is 1. The summed E-state index contributed by atoms with van der Waals surface area (Å²) >= 11 is 0. The van der Waals surface area contributed by atoms with E-state index < -0.39 is 21.9 Å². The molecule has 1 N–H and O–H groups in total. The van der Waals surface area contributed by atoms with E-state index >= 15 is 0 Å². The third-order valence-electron chi connectivity index (χ3n) is 4.90. The van der Waals surface area contributed by atoms with Gasteiger partial charge in [-0.15, -0.1) is 0 Å². The minimum Gasteiger partial charge on any atom is -0.481 e. The number of fused-ring (bicyclic) bond motifs is 1. The van der Waals surface area contributed by atoms with E-state index in [4.69, 9.17) is 0 Å². The molecular weight excluding hydrogens is 366 g/mol. The quantitative estimate of drug-likeness (QED) is 0.846. The van der Waals surface area contributed by atoms with Gasteiger partial charge in [0.25, 0.3) is 10.0 Å². The first-order valence-corrected chi connectivity index (χ1v) is 10.5. The lowest BCUT2D eigenvalue weighted by molar-refractivity contribution is -0.139. The lowest BCUT2D eigenvalue weighted by Gasteiger charge is -2.33. The Hall–Kier alpha value is -2.35. The normalized spacial score (nSPS) is 17.2. The Morgan fingerprint density at radius 3 is 2.59 bits per heavy atom. The number of hydrogen-bond donors (Lipinski definition) is 1. The molecule has 1 unspecified atom stereocenters. The summed E-state index contributed by atoms with van der Waals surface area (Å²) in [5.74, 6) is -1.29. The summed E-state index contributed by atoms with van der Waals surface area (Å²) in [4.78, 5) is 11.8. The van der Waals surface area contributed by atoms with Crippen LogP contribution in [0.1, 0.15) is 43.1 Å². The maximum Gasteiger partial charge on any atom is 0.311 e. The predicted molar refractivity (Wildman–Crippen MR) is 103 cm³/mol. The van der Waals surface area contributed by atoms with Gasteiger partial charge in [-0.25, -0.2) is 8.42 Å². The van der Waals surface area contributed by atoms with Crippen molar-refractivity contribution in [1.82, 2.24) is 9.78 Å². The van der Waals surface area contributed by atoms with Crippen molar-refractivity contribution >= 4 is 21.7 Å². The Morgan fingerprint density at radius 2 is 1.96 bits per heavy atom. The van der Waals surface area contributed by atoms with Crippen LogP contribution in [-0.2, 0) is 21.4 Å². The molecule has 1 aliphatic heterocycles. The molecule has 3 rings (SSSR count). The number of aromatic nitrogens is 2. The zero-order valence-corrected chi connectivity index (χ0v) is 16.8. The molecule has 1 atom stereocenters. The summed E-state index contributed by atoms with van der Waals surface area (Å²) < 4.78 is 30.1. The molecule has 0 amide bonds. The number of carboxylic acid groups (broad SMARTS) is 1. The molecule has 0 bridgehead atoms. The first-order chi connectivity index (χ1) is 12.6. The third kappa shape index (κ3) is 3.34. The van der Waals surface area contributed by atoms with Gasteiger partial charge in [0.05, 0.1) is 23.0 Å². The molecule has 7 nitrogen and oxygen atoms in total. The molecule has 1 aromatic carbocycles. The van der Waals surface area contributed by atoms with Gasteiger partial charge in [0, 0.05) is 13.1 Å². The molecule has 0 saturated carbocycles. The van der Waals surface area contributed by atoms with Crippen LogP contribution in [0.4, 0.5) is 5.69 Å². The van der Waals surface area contributed by atoms with Crippen LogP contribution in [0.5, 0.6) is 0 Å². The van der Waals surface area contributed by atoms with E-state index in [2.05, 4.69) is 18.9 Å². The van der Waals surface area contributed by atoms with Gasteiger partial charge < -0.3 is 5.11 Å². The fraction of sp³-hybridized carbons (Fsp3) is 0.474. The van der Waals surface area contributed by atoms with Gasteiger partial charge in [-0.05, 0) is 37.8 Å². The van der Waals surface area contributed by atoms with Crippen LogP contribution in [0, 0.1) is 19.8 Å². The van der Waals surface area contributed by atoms with Gasteiger partial charge in [0.15, 0.2) is 0 Å². The summed E-state index contributed by atoms with van der Waals surface area (Å²) in [5, 5.41) is 13.9. The number of hydrogen-bond acceptors (Lipinski definition) is 4. The number of benzene rings is 1. The molecule has 2 heterocycles. The Bertz CT molecular complexity index is 979. The zero-order valence-electron chi connectivity index (χ0n) is 16.0. The van der Waals surface area contributed by atoms with E-state index in [1.54, 1.807) is 42.8 Å². The molecule has 27 heavy (non-hydrogen) atoms. The van der Waals surface area contributed by atoms with E-state index in [0.717, 1.165) is 0 Å². The summed E-state index contributed by atoms with van der Waals surface area (Å²) in [6.45, 7) is 8.34. The molecular formula is C19H25N3O4S. The van der Waals surface area contributed by atoms with Crippen LogP contribution in [0.25, 0.3) is 0 Å². The molecule has 0 radical (unpaired) electrons. The lowest BCUT2D eigenvalue weighted by Crippen LogP contribution is -2.38. The molecule has 2 aromatic rings. The number of carbonyl (C=O) groups is 1. The van der Waals surface area contributed by atoms with Crippen molar-refractivity contribution in [2.75, 3.05) is 10.8 Å². The first-order valence-electron chi connectivity index (χ1n) is 9.03. The van der Waals surface area contributed by atoms with E-state index in [1.165, 1.54) is 4.31 Å². The maximum absolute atomic E-state index is 13.5. The second kappa shape index (κ2) is 6.99. The monoisotopic (exact) mass is 391 g/mol. The van der Waals surface area contributed by atoms with Gasteiger partial charge in [0.2, 0.25) is 0 Å². The Balaban J connectivity index is 2.10. The number of carboxylic acids is 1. The Labute approximate surface area is 159 Å². The molecule has 1 aromatic heterocycles. The van der Waals surface area contributed by atoms with Gasteiger partial charge in [-0.1, -0.05) is 32.0 Å². The van der Waals surface area contributed by atoms with Crippen molar-refractivity contribution < 1.29 is 18.3 Å². The van der Waals surface area contributed by atoms with Crippen LogP contribution in [0.2, 0.25) is 0 Å². The molecule has 0 saturated heterocycles. The highest BCUT2D eigenvalue weighted by Crippen LogP contribution is 2.39. The van der Waals surface area contributed by atoms with Gasteiger partial charge in [0.1, 0.15) is 4.90 Å². The molecule has 0 fully saturated rings. The molecule has 0 aliphatic carbocycles. The second-order valence-corrected chi connectivity index (χ2v) is 9.19. The standard InChI is InChI=1S/C19H25N3O4S/c1-12(2)11-21-14(4)18(13(3)20-21)27(25,26)22-10-9-16(19(23)24)15-7-5-6-8-17(15)22/h5-8,12,16H,9-11H2,1-4H3,(H,23,24). The number of anilines is 1. The molecule has 1 aliphatic rings. The summed E-state index contributed by atoms with van der Waals surface area (Å²) in [5.41, 5.74) is 2.04. The molecule has 8 heteroatoms.